The largest absolute Gasteiger partial charge is 0.393 e. The Morgan fingerprint density at radius 2 is 2.13 bits per heavy atom. The van der Waals surface area contributed by atoms with Crippen molar-refractivity contribution in [1.82, 2.24) is 19.7 Å². The summed E-state index contributed by atoms with van der Waals surface area (Å²) in [5.41, 5.74) is 0.600. The zero-order chi connectivity index (χ0) is 22.2. The van der Waals surface area contributed by atoms with E-state index in [4.69, 9.17) is 5.14 Å². The van der Waals surface area contributed by atoms with Gasteiger partial charge in [-0.15, -0.1) is 0 Å². The highest BCUT2D eigenvalue weighted by Crippen LogP contribution is 2.38. The summed E-state index contributed by atoms with van der Waals surface area (Å²) < 4.78 is 28.4. The number of rotatable bonds is 9. The first-order valence-corrected chi connectivity index (χ1v) is 11.7. The number of nitrogens with one attached hydrogen (secondary N) is 1. The van der Waals surface area contributed by atoms with Crippen molar-refractivity contribution >= 4 is 21.9 Å². The molecular weight excluding hydrogens is 424 g/mol. The van der Waals surface area contributed by atoms with Crippen molar-refractivity contribution in [2.24, 2.45) is 22.9 Å². The van der Waals surface area contributed by atoms with Crippen molar-refractivity contribution in [2.45, 2.75) is 44.9 Å². The van der Waals surface area contributed by atoms with E-state index in [-0.39, 0.29) is 24.0 Å². The van der Waals surface area contributed by atoms with Crippen molar-refractivity contribution < 1.29 is 22.5 Å². The predicted octanol–water partition coefficient (Wildman–Crippen LogP) is 0.332. The molecule has 31 heavy (non-hydrogen) atoms. The van der Waals surface area contributed by atoms with Crippen LogP contribution in [0, 0.1) is 17.8 Å². The van der Waals surface area contributed by atoms with E-state index in [2.05, 4.69) is 31.5 Å². The maximum atomic E-state index is 13.0. The van der Waals surface area contributed by atoms with E-state index >= 15 is 0 Å². The predicted molar refractivity (Wildman–Crippen MR) is 110 cm³/mol. The summed E-state index contributed by atoms with van der Waals surface area (Å²) in [6, 6.07) is 1.46. The van der Waals surface area contributed by atoms with E-state index < -0.39 is 22.3 Å². The third-order valence-corrected chi connectivity index (χ3v) is 6.44. The lowest BCUT2D eigenvalue weighted by atomic mass is 10.1. The summed E-state index contributed by atoms with van der Waals surface area (Å²) in [5, 5.41) is 22.6. The van der Waals surface area contributed by atoms with Crippen LogP contribution in [0.3, 0.4) is 0 Å². The second-order valence-electron chi connectivity index (χ2n) is 8.43. The second-order valence-corrected chi connectivity index (χ2v) is 9.65. The molecule has 0 amide bonds. The van der Waals surface area contributed by atoms with Crippen LogP contribution in [0.25, 0.3) is 0 Å². The van der Waals surface area contributed by atoms with Gasteiger partial charge in [-0.1, -0.05) is 6.92 Å². The first kappa shape index (κ1) is 21.8. The molecule has 0 aliphatic heterocycles. The van der Waals surface area contributed by atoms with Gasteiger partial charge < -0.3 is 10.4 Å². The van der Waals surface area contributed by atoms with Crippen LogP contribution in [0.2, 0.25) is 0 Å². The van der Waals surface area contributed by atoms with Crippen LogP contribution in [-0.2, 0) is 21.0 Å². The minimum Gasteiger partial charge on any atom is -0.393 e. The number of hydrogen-bond acceptors (Lipinski definition) is 9. The third-order valence-electron chi connectivity index (χ3n) is 5.97. The number of aliphatic hydroxyl groups is 1. The molecule has 11 nitrogen and oxygen atoms in total. The number of carbonyl (C=O) groups excluding carboxylic acids is 1. The fourth-order valence-corrected chi connectivity index (χ4v) is 4.37. The standard InChI is InChI=1S/C19H26N6O5S/c1-11-4-12(11)8-25-3-2-16(24-25)18(27)15-7-21-10-22-19(15)23-14-5-13(17(26)6-14)9-30-31(20,28)29/h2-3,7,10-14,17,26H,4-6,8-9H2,1H3,(H2,20,28,29)(H,21,22,23)/t11?,12?,13-,14-,17+/m1/s1. The maximum absolute atomic E-state index is 13.0. The average molecular weight is 451 g/mol. The summed E-state index contributed by atoms with van der Waals surface area (Å²) in [4.78, 5) is 21.2. The van der Waals surface area contributed by atoms with Crippen molar-refractivity contribution in [3.63, 3.8) is 0 Å². The molecule has 0 radical (unpaired) electrons. The molecule has 0 spiro atoms. The Bertz CT molecular complexity index is 1060. The summed E-state index contributed by atoms with van der Waals surface area (Å²) >= 11 is 0. The minimum atomic E-state index is -4.07. The first-order chi connectivity index (χ1) is 14.7. The molecule has 12 heteroatoms. The summed E-state index contributed by atoms with van der Waals surface area (Å²) in [5.74, 6) is 0.953. The molecule has 2 aromatic rings. The van der Waals surface area contributed by atoms with Gasteiger partial charge in [0, 0.05) is 30.9 Å². The van der Waals surface area contributed by atoms with Gasteiger partial charge in [0.2, 0.25) is 5.78 Å². The van der Waals surface area contributed by atoms with Crippen molar-refractivity contribution in [1.29, 1.82) is 0 Å². The van der Waals surface area contributed by atoms with Gasteiger partial charge in [-0.05, 0) is 37.2 Å². The number of ketones is 1. The molecule has 2 aliphatic rings. The lowest BCUT2D eigenvalue weighted by molar-refractivity contribution is 0.101. The quantitative estimate of drug-likeness (QED) is 0.457. The molecule has 2 saturated carbocycles. The molecule has 168 valence electrons. The Morgan fingerprint density at radius 1 is 1.35 bits per heavy atom. The van der Waals surface area contributed by atoms with E-state index in [9.17, 15) is 18.3 Å². The normalized spacial score (nSPS) is 27.9. The van der Waals surface area contributed by atoms with Crippen LogP contribution in [0.5, 0.6) is 0 Å². The number of anilines is 1. The van der Waals surface area contributed by atoms with Crippen LogP contribution in [0.1, 0.15) is 42.2 Å². The molecule has 4 rings (SSSR count). The Balaban J connectivity index is 1.42. The smallest absolute Gasteiger partial charge is 0.333 e. The highest BCUT2D eigenvalue weighted by Gasteiger charge is 2.35. The van der Waals surface area contributed by atoms with E-state index in [0.29, 0.717) is 36.2 Å². The van der Waals surface area contributed by atoms with E-state index in [1.165, 1.54) is 18.9 Å². The number of aliphatic hydroxyl groups excluding tert-OH is 1. The van der Waals surface area contributed by atoms with Gasteiger partial charge in [-0.2, -0.15) is 13.5 Å². The third kappa shape index (κ3) is 5.45. The molecule has 0 saturated heterocycles. The summed E-state index contributed by atoms with van der Waals surface area (Å²) in [7, 11) is -4.07. The van der Waals surface area contributed by atoms with Gasteiger partial charge in [-0.25, -0.2) is 15.1 Å². The highest BCUT2D eigenvalue weighted by molar-refractivity contribution is 7.84. The lowest BCUT2D eigenvalue weighted by Crippen LogP contribution is -2.24. The zero-order valence-electron chi connectivity index (χ0n) is 17.1. The van der Waals surface area contributed by atoms with Gasteiger partial charge in [-0.3, -0.25) is 13.7 Å². The van der Waals surface area contributed by atoms with Crippen LogP contribution in [0.4, 0.5) is 5.82 Å². The summed E-state index contributed by atoms with van der Waals surface area (Å²) in [6.45, 7) is 2.79. The van der Waals surface area contributed by atoms with Gasteiger partial charge in [0.25, 0.3) is 0 Å². The van der Waals surface area contributed by atoms with Gasteiger partial charge in [0.1, 0.15) is 17.8 Å². The van der Waals surface area contributed by atoms with Crippen molar-refractivity contribution in [2.75, 3.05) is 11.9 Å². The SMILES string of the molecule is CC1CC1Cn1ccc(C(=O)c2cncnc2N[C@@H]2C[C@H](COS(N)(=O)=O)[C@@H](O)C2)n1. The molecule has 2 unspecified atom stereocenters. The Morgan fingerprint density at radius 3 is 2.84 bits per heavy atom. The van der Waals surface area contributed by atoms with Crippen LogP contribution in [0.15, 0.2) is 24.8 Å². The minimum absolute atomic E-state index is 0.204. The van der Waals surface area contributed by atoms with E-state index in [1.54, 1.807) is 16.9 Å². The topological polar surface area (TPSA) is 162 Å². The highest BCUT2D eigenvalue weighted by atomic mass is 32.2. The number of aromatic nitrogens is 4. The molecule has 0 bridgehead atoms. The second kappa shape index (κ2) is 8.61. The van der Waals surface area contributed by atoms with Gasteiger partial charge in [0.05, 0.1) is 18.3 Å². The number of nitrogens with zero attached hydrogens (tertiary/aromatic N) is 4. The molecule has 2 fully saturated rings. The fourth-order valence-electron chi connectivity index (χ4n) is 4.00. The molecule has 2 aliphatic carbocycles. The maximum Gasteiger partial charge on any atom is 0.333 e. The van der Waals surface area contributed by atoms with Crippen LogP contribution < -0.4 is 10.5 Å². The Kier molecular flexibility index (Phi) is 6.06. The molecule has 4 N–H and O–H groups in total. The zero-order valence-corrected chi connectivity index (χ0v) is 17.9. The van der Waals surface area contributed by atoms with E-state index in [0.717, 1.165) is 6.54 Å². The van der Waals surface area contributed by atoms with Crippen molar-refractivity contribution in [3.05, 3.63) is 36.0 Å². The Labute approximate surface area is 180 Å². The number of nitrogens with two attached hydrogens (primary N) is 1. The van der Waals surface area contributed by atoms with Crippen LogP contribution >= 0.6 is 0 Å². The fraction of sp³-hybridized carbons (Fsp3) is 0.579. The monoisotopic (exact) mass is 450 g/mol. The lowest BCUT2D eigenvalue weighted by Gasteiger charge is -2.15. The van der Waals surface area contributed by atoms with Crippen molar-refractivity contribution in [3.8, 4) is 0 Å². The number of hydrogen-bond donors (Lipinski definition) is 3. The molecule has 0 aromatic carbocycles. The Hall–Kier alpha value is -2.41. The van der Waals surface area contributed by atoms with Gasteiger partial charge >= 0.3 is 10.3 Å². The molecular formula is C19H26N6O5S. The average Bonchev–Trinajstić information content (AvgIpc) is 3.07. The van der Waals surface area contributed by atoms with Gasteiger partial charge in [0.15, 0.2) is 0 Å². The molecule has 5 atom stereocenters. The van der Waals surface area contributed by atoms with E-state index in [1.807, 2.05) is 0 Å². The molecule has 2 aromatic heterocycles. The summed E-state index contributed by atoms with van der Waals surface area (Å²) in [6.07, 6.45) is 5.78. The first-order valence-electron chi connectivity index (χ1n) is 10.2. The molecule has 2 heterocycles. The van der Waals surface area contributed by atoms with Crippen LogP contribution in [-0.4, -0.2) is 57.8 Å². The number of carbonyl (C=O) groups is 1.